The Kier molecular flexibility index (Phi) is 8.13. The zero-order valence-electron chi connectivity index (χ0n) is 21.9. The van der Waals surface area contributed by atoms with E-state index in [-0.39, 0.29) is 36.1 Å². The summed E-state index contributed by atoms with van der Waals surface area (Å²) >= 11 is 0. The van der Waals surface area contributed by atoms with Crippen LogP contribution in [0.4, 0.5) is 13.2 Å². The molecule has 39 heavy (non-hydrogen) atoms. The van der Waals surface area contributed by atoms with Crippen molar-refractivity contribution in [3.63, 3.8) is 0 Å². The smallest absolute Gasteiger partial charge is 0.416 e. The SMILES string of the molecule is CC1C[C@@H](C)CC2(C1)N=C(c1cccc(C(F)(F)F)c1)C(=O)N2CCc1ccc(C(=O)NCCC(=O)O)cc1. The van der Waals surface area contributed by atoms with Crippen molar-refractivity contribution in [2.75, 3.05) is 13.1 Å². The summed E-state index contributed by atoms with van der Waals surface area (Å²) in [5, 5.41) is 11.3. The third-order valence-electron chi connectivity index (χ3n) is 7.35. The highest BCUT2D eigenvalue weighted by atomic mass is 19.4. The fraction of sp³-hybridized carbons (Fsp3) is 0.448. The lowest BCUT2D eigenvalue weighted by molar-refractivity contribution is -0.138. The first kappa shape index (κ1) is 28.3. The molecule has 3 atom stereocenters. The Hall–Kier alpha value is -3.69. The molecule has 1 fully saturated rings. The predicted molar refractivity (Wildman–Crippen MR) is 139 cm³/mol. The number of carboxylic acid groups (broad SMARTS) is 1. The van der Waals surface area contributed by atoms with Crippen LogP contribution < -0.4 is 5.32 Å². The molecule has 1 saturated carbocycles. The molecule has 2 aromatic rings. The number of carboxylic acids is 1. The highest BCUT2D eigenvalue weighted by Crippen LogP contribution is 2.44. The third-order valence-corrected chi connectivity index (χ3v) is 7.35. The Bertz CT molecular complexity index is 1260. The van der Waals surface area contributed by atoms with Crippen LogP contribution in [-0.4, -0.2) is 52.3 Å². The van der Waals surface area contributed by atoms with E-state index >= 15 is 0 Å². The lowest BCUT2D eigenvalue weighted by atomic mass is 9.76. The van der Waals surface area contributed by atoms with Crippen molar-refractivity contribution < 1.29 is 32.7 Å². The number of carbonyl (C=O) groups is 3. The van der Waals surface area contributed by atoms with E-state index in [9.17, 15) is 27.6 Å². The molecule has 1 aliphatic carbocycles. The van der Waals surface area contributed by atoms with Gasteiger partial charge in [0.15, 0.2) is 0 Å². The standard InChI is InChI=1S/C29H32F3N3O4/c1-18-14-19(2)17-28(16-18)34-25(22-4-3-5-23(15-22)29(30,31)32)27(39)35(28)13-11-20-6-8-21(9-7-20)26(38)33-12-10-24(36)37/h3-9,15,18-19H,10-14,16-17H2,1-2H3,(H,33,38)(H,36,37)/t18-,19?,28?/m1/s1. The van der Waals surface area contributed by atoms with Crippen LogP contribution in [0.3, 0.4) is 0 Å². The van der Waals surface area contributed by atoms with Gasteiger partial charge < -0.3 is 15.3 Å². The van der Waals surface area contributed by atoms with Gasteiger partial charge in [-0.05, 0) is 67.3 Å². The van der Waals surface area contributed by atoms with E-state index in [0.717, 1.165) is 24.1 Å². The van der Waals surface area contributed by atoms with Gasteiger partial charge >= 0.3 is 12.1 Å². The van der Waals surface area contributed by atoms with Gasteiger partial charge in [0.2, 0.25) is 0 Å². The van der Waals surface area contributed by atoms with Crippen molar-refractivity contribution in [3.8, 4) is 0 Å². The first-order valence-corrected chi connectivity index (χ1v) is 13.1. The van der Waals surface area contributed by atoms with Gasteiger partial charge in [-0.3, -0.25) is 19.4 Å². The minimum Gasteiger partial charge on any atom is -0.481 e. The third kappa shape index (κ3) is 6.49. The summed E-state index contributed by atoms with van der Waals surface area (Å²) in [6.45, 7) is 4.57. The molecule has 10 heteroatoms. The van der Waals surface area contributed by atoms with Crippen LogP contribution in [-0.2, 0) is 22.2 Å². The summed E-state index contributed by atoms with van der Waals surface area (Å²) in [4.78, 5) is 43.1. The van der Waals surface area contributed by atoms with E-state index in [4.69, 9.17) is 10.1 Å². The summed E-state index contributed by atoms with van der Waals surface area (Å²) in [5.74, 6) is -1.15. The second-order valence-corrected chi connectivity index (χ2v) is 10.7. The summed E-state index contributed by atoms with van der Waals surface area (Å²) < 4.78 is 40.1. The molecule has 1 aliphatic heterocycles. The summed E-state index contributed by atoms with van der Waals surface area (Å²) in [6, 6.07) is 11.6. The van der Waals surface area contributed by atoms with Crippen LogP contribution in [0.2, 0.25) is 0 Å². The average Bonchev–Trinajstić information content (AvgIpc) is 3.11. The highest BCUT2D eigenvalue weighted by Gasteiger charge is 2.50. The molecular formula is C29H32F3N3O4. The van der Waals surface area contributed by atoms with E-state index < -0.39 is 23.4 Å². The van der Waals surface area contributed by atoms with Gasteiger partial charge in [0.1, 0.15) is 11.4 Å². The second-order valence-electron chi connectivity index (χ2n) is 10.7. The van der Waals surface area contributed by atoms with Gasteiger partial charge in [-0.15, -0.1) is 0 Å². The number of rotatable bonds is 8. The summed E-state index contributed by atoms with van der Waals surface area (Å²) in [5.41, 5.74) is -0.119. The molecule has 208 valence electrons. The monoisotopic (exact) mass is 543 g/mol. The van der Waals surface area contributed by atoms with E-state index in [2.05, 4.69) is 19.2 Å². The van der Waals surface area contributed by atoms with Crippen molar-refractivity contribution in [2.45, 2.75) is 57.8 Å². The highest BCUT2D eigenvalue weighted by molar-refractivity contribution is 6.46. The number of nitrogens with zero attached hydrogens (tertiary/aromatic N) is 2. The van der Waals surface area contributed by atoms with E-state index in [1.165, 1.54) is 12.1 Å². The van der Waals surface area contributed by atoms with Crippen molar-refractivity contribution in [2.24, 2.45) is 16.8 Å². The molecule has 7 nitrogen and oxygen atoms in total. The predicted octanol–water partition coefficient (Wildman–Crippen LogP) is 4.94. The Morgan fingerprint density at radius 1 is 1.10 bits per heavy atom. The van der Waals surface area contributed by atoms with E-state index in [1.807, 2.05) is 0 Å². The first-order valence-electron chi connectivity index (χ1n) is 13.1. The molecule has 2 aromatic carbocycles. The maximum atomic E-state index is 13.7. The van der Waals surface area contributed by atoms with Crippen LogP contribution in [0.25, 0.3) is 0 Å². The molecule has 2 amide bonds. The normalized spacial score (nSPS) is 23.2. The minimum atomic E-state index is -4.53. The Morgan fingerprint density at radius 2 is 1.77 bits per heavy atom. The van der Waals surface area contributed by atoms with Crippen molar-refractivity contribution >= 4 is 23.5 Å². The lowest BCUT2D eigenvalue weighted by Gasteiger charge is -2.44. The number of alkyl halides is 3. The minimum absolute atomic E-state index is 0.0279. The number of aliphatic carboxylic acids is 1. The molecule has 0 saturated heterocycles. The molecule has 2 aliphatic rings. The van der Waals surface area contributed by atoms with Gasteiger partial charge in [0.05, 0.1) is 12.0 Å². The van der Waals surface area contributed by atoms with Crippen molar-refractivity contribution in [1.82, 2.24) is 10.2 Å². The number of carbonyl (C=O) groups excluding carboxylic acids is 2. The topological polar surface area (TPSA) is 99.1 Å². The van der Waals surface area contributed by atoms with Crippen LogP contribution in [0.15, 0.2) is 53.5 Å². The number of benzene rings is 2. The van der Waals surface area contributed by atoms with Crippen LogP contribution in [0.1, 0.15) is 66.6 Å². The molecule has 2 N–H and O–H groups in total. The lowest BCUT2D eigenvalue weighted by Crippen LogP contribution is -2.51. The molecule has 2 unspecified atom stereocenters. The van der Waals surface area contributed by atoms with Gasteiger partial charge in [0.25, 0.3) is 11.8 Å². The summed E-state index contributed by atoms with van der Waals surface area (Å²) in [6.07, 6.45) is -1.95. The van der Waals surface area contributed by atoms with E-state index in [0.29, 0.717) is 43.2 Å². The largest absolute Gasteiger partial charge is 0.481 e. The first-order chi connectivity index (χ1) is 18.4. The molecule has 0 aromatic heterocycles. The van der Waals surface area contributed by atoms with Gasteiger partial charge in [-0.2, -0.15) is 13.2 Å². The maximum Gasteiger partial charge on any atom is 0.416 e. The zero-order valence-corrected chi connectivity index (χ0v) is 21.9. The van der Waals surface area contributed by atoms with Gasteiger partial charge in [0, 0.05) is 24.2 Å². The Morgan fingerprint density at radius 3 is 2.38 bits per heavy atom. The maximum absolute atomic E-state index is 13.7. The fourth-order valence-corrected chi connectivity index (χ4v) is 5.79. The number of halogens is 3. The molecule has 4 rings (SSSR count). The van der Waals surface area contributed by atoms with Crippen LogP contribution >= 0.6 is 0 Å². The van der Waals surface area contributed by atoms with Gasteiger partial charge in [-0.1, -0.05) is 38.1 Å². The molecular weight excluding hydrogens is 511 g/mol. The zero-order chi connectivity index (χ0) is 28.4. The summed E-state index contributed by atoms with van der Waals surface area (Å²) in [7, 11) is 0. The van der Waals surface area contributed by atoms with E-state index in [1.54, 1.807) is 29.2 Å². The number of hydrogen-bond acceptors (Lipinski definition) is 4. The quantitative estimate of drug-likeness (QED) is 0.493. The second kappa shape index (κ2) is 11.2. The molecule has 0 radical (unpaired) electrons. The van der Waals surface area contributed by atoms with Crippen molar-refractivity contribution in [1.29, 1.82) is 0 Å². The fourth-order valence-electron chi connectivity index (χ4n) is 5.79. The number of amides is 2. The number of nitrogens with one attached hydrogen (secondary N) is 1. The molecule has 0 bridgehead atoms. The average molecular weight is 544 g/mol. The number of aliphatic imine (C=N–C) groups is 1. The van der Waals surface area contributed by atoms with Crippen molar-refractivity contribution in [3.05, 3.63) is 70.8 Å². The number of hydrogen-bond donors (Lipinski definition) is 2. The Balaban J connectivity index is 1.54. The Labute approximate surface area is 225 Å². The molecule has 1 heterocycles. The van der Waals surface area contributed by atoms with Gasteiger partial charge in [-0.25, -0.2) is 0 Å². The van der Waals surface area contributed by atoms with Crippen LogP contribution in [0.5, 0.6) is 0 Å². The van der Waals surface area contributed by atoms with Crippen LogP contribution in [0, 0.1) is 11.8 Å². The molecule has 1 spiro atoms.